The summed E-state index contributed by atoms with van der Waals surface area (Å²) in [6.07, 6.45) is 0.901. The Labute approximate surface area is 109 Å². The topological polar surface area (TPSA) is 32.9 Å². The van der Waals surface area contributed by atoms with Gasteiger partial charge in [-0.15, -0.1) is 0 Å². The van der Waals surface area contributed by atoms with Gasteiger partial charge in [-0.3, -0.25) is 4.79 Å². The van der Waals surface area contributed by atoms with Gasteiger partial charge in [-0.2, -0.15) is 0 Å². The summed E-state index contributed by atoms with van der Waals surface area (Å²) in [6.45, 7) is 11.7. The van der Waals surface area contributed by atoms with Crippen molar-refractivity contribution in [2.45, 2.75) is 38.9 Å². The number of aromatic nitrogens is 1. The fraction of sp³-hybridized carbons (Fsp3) is 0.400. The van der Waals surface area contributed by atoms with Crippen LogP contribution in [0, 0.1) is 0 Å². The summed E-state index contributed by atoms with van der Waals surface area (Å²) in [5.74, 6) is 0. The summed E-state index contributed by atoms with van der Waals surface area (Å²) in [5.41, 5.74) is 1.86. The number of nitrogens with one attached hydrogen (secondary N) is 1. The first kappa shape index (κ1) is 13.1. The molecular weight excluding hydrogens is 238 g/mol. The Bertz CT molecular complexity index is 590. The molecule has 0 spiro atoms. The minimum absolute atomic E-state index is 0.307. The molecule has 1 heterocycles. The lowest BCUT2D eigenvalue weighted by molar-refractivity contribution is 0.112. The summed E-state index contributed by atoms with van der Waals surface area (Å²) in [4.78, 5) is 14.4. The molecule has 1 aromatic carbocycles. The van der Waals surface area contributed by atoms with E-state index >= 15 is 0 Å². The Morgan fingerprint density at radius 3 is 2.39 bits per heavy atom. The number of fused-ring (bicyclic) bond motifs is 1. The Morgan fingerprint density at radius 1 is 1.17 bits per heavy atom. The zero-order valence-electron chi connectivity index (χ0n) is 11.8. The van der Waals surface area contributed by atoms with Crippen LogP contribution in [0.2, 0.25) is 18.1 Å². The molecule has 3 heteroatoms. The average molecular weight is 259 g/mol. The summed E-state index contributed by atoms with van der Waals surface area (Å²) in [7, 11) is -1.54. The number of aldehydes is 1. The van der Waals surface area contributed by atoms with Gasteiger partial charge in [-0.25, -0.2) is 0 Å². The molecule has 1 aromatic heterocycles. The van der Waals surface area contributed by atoms with Gasteiger partial charge in [0.15, 0.2) is 0 Å². The molecule has 0 saturated heterocycles. The van der Waals surface area contributed by atoms with Crippen molar-refractivity contribution in [3.05, 3.63) is 29.8 Å². The van der Waals surface area contributed by atoms with E-state index in [4.69, 9.17) is 0 Å². The smallest absolute Gasteiger partial charge is 0.150 e. The number of hydrogen-bond donors (Lipinski definition) is 1. The van der Waals surface area contributed by atoms with Gasteiger partial charge in [-0.1, -0.05) is 33.9 Å². The molecule has 2 aromatic rings. The van der Waals surface area contributed by atoms with E-state index in [1.807, 2.05) is 18.2 Å². The fourth-order valence-electron chi connectivity index (χ4n) is 1.97. The molecule has 96 valence electrons. The van der Waals surface area contributed by atoms with Gasteiger partial charge in [0.25, 0.3) is 0 Å². The van der Waals surface area contributed by atoms with Crippen LogP contribution in [0.5, 0.6) is 0 Å². The third-order valence-corrected chi connectivity index (χ3v) is 9.70. The highest BCUT2D eigenvalue weighted by molar-refractivity contribution is 6.91. The highest BCUT2D eigenvalue weighted by atomic mass is 28.3. The quantitative estimate of drug-likeness (QED) is 0.647. The fourth-order valence-corrected chi connectivity index (χ4v) is 3.74. The maximum Gasteiger partial charge on any atom is 0.150 e. The SMILES string of the molecule is CC(C)(C)[Si](C)(C)c1cc2cc(C=O)ccc2[nH]1. The van der Waals surface area contributed by atoms with Crippen LogP contribution in [0.15, 0.2) is 24.3 Å². The Kier molecular flexibility index (Phi) is 2.97. The molecule has 0 atom stereocenters. The van der Waals surface area contributed by atoms with Crippen LogP contribution in [0.1, 0.15) is 31.1 Å². The van der Waals surface area contributed by atoms with Crippen molar-refractivity contribution in [2.75, 3.05) is 0 Å². The summed E-state index contributed by atoms with van der Waals surface area (Å²) in [6, 6.07) is 8.03. The summed E-state index contributed by atoms with van der Waals surface area (Å²) >= 11 is 0. The first-order valence-corrected chi connectivity index (χ1v) is 9.34. The van der Waals surface area contributed by atoms with E-state index in [0.29, 0.717) is 5.04 Å². The second-order valence-electron chi connectivity index (χ2n) is 6.52. The molecule has 0 radical (unpaired) electrons. The highest BCUT2D eigenvalue weighted by Gasteiger charge is 2.38. The largest absolute Gasteiger partial charge is 0.362 e. The predicted octanol–water partition coefficient (Wildman–Crippen LogP) is 3.70. The third kappa shape index (κ3) is 2.03. The molecule has 0 aliphatic carbocycles. The van der Waals surface area contributed by atoms with E-state index in [1.54, 1.807) is 0 Å². The van der Waals surface area contributed by atoms with Gasteiger partial charge in [0, 0.05) is 11.1 Å². The average Bonchev–Trinajstić information content (AvgIpc) is 2.70. The molecule has 0 saturated carbocycles. The minimum atomic E-state index is -1.54. The van der Waals surface area contributed by atoms with E-state index in [2.05, 4.69) is 44.9 Å². The number of carbonyl (C=O) groups is 1. The van der Waals surface area contributed by atoms with Crippen molar-refractivity contribution < 1.29 is 4.79 Å². The van der Waals surface area contributed by atoms with Crippen LogP contribution in [0.4, 0.5) is 0 Å². The second kappa shape index (κ2) is 4.09. The number of benzene rings is 1. The third-order valence-electron chi connectivity index (χ3n) is 4.33. The molecule has 0 fully saturated rings. The highest BCUT2D eigenvalue weighted by Crippen LogP contribution is 2.35. The molecule has 0 unspecified atom stereocenters. The lowest BCUT2D eigenvalue weighted by Gasteiger charge is -2.36. The number of H-pyrrole nitrogens is 1. The van der Waals surface area contributed by atoms with Crippen LogP contribution in [0.3, 0.4) is 0 Å². The minimum Gasteiger partial charge on any atom is -0.362 e. The zero-order chi connectivity index (χ0) is 13.6. The van der Waals surface area contributed by atoms with E-state index < -0.39 is 8.07 Å². The number of hydrogen-bond acceptors (Lipinski definition) is 1. The van der Waals surface area contributed by atoms with Gasteiger partial charge in [-0.05, 0) is 40.0 Å². The first-order valence-electron chi connectivity index (χ1n) is 6.34. The lowest BCUT2D eigenvalue weighted by atomic mass is 10.2. The van der Waals surface area contributed by atoms with E-state index in [-0.39, 0.29) is 0 Å². The van der Waals surface area contributed by atoms with Crippen LogP contribution in [0.25, 0.3) is 10.9 Å². The van der Waals surface area contributed by atoms with E-state index in [1.165, 1.54) is 5.32 Å². The van der Waals surface area contributed by atoms with Crippen molar-refractivity contribution in [1.29, 1.82) is 0 Å². The van der Waals surface area contributed by atoms with Crippen molar-refractivity contribution in [2.24, 2.45) is 0 Å². The monoisotopic (exact) mass is 259 g/mol. The van der Waals surface area contributed by atoms with E-state index in [0.717, 1.165) is 22.8 Å². The molecule has 0 aliphatic heterocycles. The first-order chi connectivity index (χ1) is 8.25. The predicted molar refractivity (Wildman–Crippen MR) is 80.5 cm³/mol. The molecular formula is C15H21NOSi. The van der Waals surface area contributed by atoms with Gasteiger partial charge in [0.1, 0.15) is 14.4 Å². The van der Waals surface area contributed by atoms with Crippen molar-refractivity contribution in [3.63, 3.8) is 0 Å². The van der Waals surface area contributed by atoms with Crippen molar-refractivity contribution in [1.82, 2.24) is 4.98 Å². The molecule has 1 N–H and O–H groups in total. The molecule has 0 aliphatic rings. The maximum absolute atomic E-state index is 10.8. The Hall–Kier alpha value is -1.35. The van der Waals surface area contributed by atoms with Crippen LogP contribution in [-0.4, -0.2) is 19.3 Å². The normalized spacial score (nSPS) is 12.9. The van der Waals surface area contributed by atoms with Crippen molar-refractivity contribution >= 4 is 30.6 Å². The lowest BCUT2D eigenvalue weighted by Crippen LogP contribution is -2.50. The van der Waals surface area contributed by atoms with Crippen LogP contribution in [-0.2, 0) is 0 Å². The summed E-state index contributed by atoms with van der Waals surface area (Å²) < 4.78 is 0. The van der Waals surface area contributed by atoms with Crippen LogP contribution < -0.4 is 5.32 Å². The Balaban J connectivity index is 2.57. The van der Waals surface area contributed by atoms with Crippen LogP contribution >= 0.6 is 0 Å². The molecule has 2 rings (SSSR count). The maximum atomic E-state index is 10.8. The van der Waals surface area contributed by atoms with Crippen molar-refractivity contribution in [3.8, 4) is 0 Å². The van der Waals surface area contributed by atoms with Gasteiger partial charge in [0.2, 0.25) is 0 Å². The molecule has 2 nitrogen and oxygen atoms in total. The summed E-state index contributed by atoms with van der Waals surface area (Å²) in [5, 5.41) is 2.80. The molecule has 0 bridgehead atoms. The molecule has 18 heavy (non-hydrogen) atoms. The number of aromatic amines is 1. The standard InChI is InChI=1S/C15H21NOSi/c1-15(2,3)18(4,5)14-9-12-8-11(10-17)6-7-13(12)16-14/h6-10,16H,1-5H3. The van der Waals surface area contributed by atoms with Gasteiger partial charge >= 0.3 is 0 Å². The van der Waals surface area contributed by atoms with Gasteiger partial charge < -0.3 is 4.98 Å². The zero-order valence-corrected chi connectivity index (χ0v) is 12.8. The Morgan fingerprint density at radius 2 is 1.83 bits per heavy atom. The number of carbonyl (C=O) groups excluding carboxylic acids is 1. The number of rotatable bonds is 2. The van der Waals surface area contributed by atoms with Gasteiger partial charge in [0.05, 0.1) is 0 Å². The van der Waals surface area contributed by atoms with E-state index in [9.17, 15) is 4.79 Å². The molecule has 0 amide bonds. The second-order valence-corrected chi connectivity index (χ2v) is 11.8.